The Labute approximate surface area is 152 Å². The third-order valence-electron chi connectivity index (χ3n) is 4.22. The van der Waals surface area contributed by atoms with E-state index in [1.54, 1.807) is 0 Å². The average Bonchev–Trinajstić information content (AvgIpc) is 3.04. The number of benzene rings is 1. The molecule has 0 spiro atoms. The van der Waals surface area contributed by atoms with Gasteiger partial charge in [-0.15, -0.1) is 0 Å². The number of hydrogen-bond acceptors (Lipinski definition) is 5. The molecule has 0 saturated heterocycles. The molecule has 0 unspecified atom stereocenters. The molecule has 1 aromatic heterocycles. The number of nitrogens with one attached hydrogen (secondary N) is 2. The van der Waals surface area contributed by atoms with E-state index in [1.165, 1.54) is 4.57 Å². The topological polar surface area (TPSA) is 99.5 Å². The zero-order valence-electron chi connectivity index (χ0n) is 13.8. The summed E-state index contributed by atoms with van der Waals surface area (Å²) in [5.74, 6) is -0.320. The monoisotopic (exact) mass is 406 g/mol. The number of hydrogen-bond donors (Lipinski definition) is 3. The van der Waals surface area contributed by atoms with Gasteiger partial charge in [-0.3, -0.25) is 14.3 Å². The Bertz CT molecular complexity index is 915. The quantitative estimate of drug-likeness (QED) is 0.708. The predicted octanol–water partition coefficient (Wildman–Crippen LogP) is 2.24. The number of aromatic nitrogens is 2. The first-order chi connectivity index (χ1) is 12.0. The molecule has 0 amide bonds. The van der Waals surface area contributed by atoms with Crippen molar-refractivity contribution in [3.05, 3.63) is 60.7 Å². The third kappa shape index (κ3) is 3.53. The van der Waals surface area contributed by atoms with E-state index in [1.807, 2.05) is 31.2 Å². The summed E-state index contributed by atoms with van der Waals surface area (Å²) in [6, 6.07) is 7.71. The van der Waals surface area contributed by atoms with E-state index in [-0.39, 0.29) is 17.5 Å². The van der Waals surface area contributed by atoms with Crippen LogP contribution in [0.3, 0.4) is 0 Å². The Morgan fingerprint density at radius 3 is 2.72 bits per heavy atom. The minimum atomic E-state index is -0.618. The second kappa shape index (κ2) is 7.26. The fourth-order valence-corrected chi connectivity index (χ4v) is 3.09. The van der Waals surface area contributed by atoms with Crippen LogP contribution in [-0.2, 0) is 6.54 Å². The predicted molar refractivity (Wildman–Crippen MR) is 99.1 cm³/mol. The number of nitrogens with zero attached hydrogens (tertiary/aromatic N) is 2. The number of aromatic hydroxyl groups is 1. The highest BCUT2D eigenvalue weighted by atomic mass is 79.9. The lowest BCUT2D eigenvalue weighted by molar-refractivity contribution is 0.394. The maximum atomic E-state index is 12.2. The summed E-state index contributed by atoms with van der Waals surface area (Å²) in [7, 11) is 0. The number of aromatic amines is 1. The van der Waals surface area contributed by atoms with Crippen LogP contribution in [0.15, 0.2) is 43.4 Å². The minimum Gasteiger partial charge on any atom is -0.494 e. The van der Waals surface area contributed by atoms with E-state index in [2.05, 4.69) is 31.4 Å². The summed E-state index contributed by atoms with van der Waals surface area (Å²) in [5.41, 5.74) is 3.30. The Morgan fingerprint density at radius 2 is 2.04 bits per heavy atom. The van der Waals surface area contributed by atoms with Crippen molar-refractivity contribution in [1.82, 2.24) is 15.0 Å². The number of unbranched alkanes of at least 4 members (excludes halogenated alkanes) is 1. The van der Waals surface area contributed by atoms with E-state index in [0.29, 0.717) is 18.7 Å². The standard InChI is InChI=1S/C17H19BrN4O3/c1-2-3-8-22-16(24)14(15(23)19-17(22)25)13-9-12(20-21-13)10-4-6-11(18)7-5-10/h4-7,12,20,24H,2-3,8-9H2,1H3,(H,19,23,25)/t12-/m1/s1. The van der Waals surface area contributed by atoms with Crippen LogP contribution in [-0.4, -0.2) is 20.4 Å². The van der Waals surface area contributed by atoms with Gasteiger partial charge >= 0.3 is 5.69 Å². The SMILES string of the molecule is CCCCn1c(O)c(C2=NN[C@@H](c3ccc(Br)cc3)C2)c(=O)[nH]c1=O. The maximum absolute atomic E-state index is 12.2. The van der Waals surface area contributed by atoms with E-state index in [0.717, 1.165) is 22.9 Å². The Morgan fingerprint density at radius 1 is 1.32 bits per heavy atom. The maximum Gasteiger partial charge on any atom is 0.331 e. The van der Waals surface area contributed by atoms with Gasteiger partial charge in [-0.1, -0.05) is 41.4 Å². The molecule has 132 valence electrons. The van der Waals surface area contributed by atoms with Crippen LogP contribution in [0.2, 0.25) is 0 Å². The smallest absolute Gasteiger partial charge is 0.331 e. The van der Waals surface area contributed by atoms with Crippen LogP contribution in [0.25, 0.3) is 0 Å². The molecule has 1 aromatic carbocycles. The van der Waals surface area contributed by atoms with E-state index in [9.17, 15) is 14.7 Å². The van der Waals surface area contributed by atoms with Crippen LogP contribution in [0, 0.1) is 0 Å². The molecule has 0 saturated carbocycles. The highest BCUT2D eigenvalue weighted by molar-refractivity contribution is 9.10. The van der Waals surface area contributed by atoms with E-state index < -0.39 is 11.2 Å². The number of rotatable bonds is 5. The molecule has 2 heterocycles. The fourth-order valence-electron chi connectivity index (χ4n) is 2.83. The van der Waals surface area contributed by atoms with Crippen LogP contribution in [0.4, 0.5) is 0 Å². The first kappa shape index (κ1) is 17.5. The van der Waals surface area contributed by atoms with Gasteiger partial charge in [0.1, 0.15) is 5.56 Å². The third-order valence-corrected chi connectivity index (χ3v) is 4.75. The molecule has 0 bridgehead atoms. The van der Waals surface area contributed by atoms with Gasteiger partial charge in [0.05, 0.1) is 11.8 Å². The summed E-state index contributed by atoms with van der Waals surface area (Å²) in [5, 5.41) is 14.7. The lowest BCUT2D eigenvalue weighted by Gasteiger charge is -2.12. The Balaban J connectivity index is 1.91. The van der Waals surface area contributed by atoms with Crippen molar-refractivity contribution in [2.45, 2.75) is 38.8 Å². The molecule has 7 nitrogen and oxygen atoms in total. The van der Waals surface area contributed by atoms with Crippen molar-refractivity contribution in [3.8, 4) is 5.88 Å². The van der Waals surface area contributed by atoms with Gasteiger partial charge in [0, 0.05) is 17.4 Å². The lowest BCUT2D eigenvalue weighted by atomic mass is 10.0. The van der Waals surface area contributed by atoms with Gasteiger partial charge < -0.3 is 10.5 Å². The zero-order chi connectivity index (χ0) is 18.0. The Hall–Kier alpha value is -2.35. The summed E-state index contributed by atoms with van der Waals surface area (Å²) < 4.78 is 2.17. The van der Waals surface area contributed by atoms with Crippen molar-refractivity contribution in [2.24, 2.45) is 5.10 Å². The van der Waals surface area contributed by atoms with Gasteiger partial charge in [-0.2, -0.15) is 5.10 Å². The van der Waals surface area contributed by atoms with E-state index >= 15 is 0 Å². The van der Waals surface area contributed by atoms with Crippen molar-refractivity contribution in [1.29, 1.82) is 0 Å². The fraction of sp³-hybridized carbons (Fsp3) is 0.353. The van der Waals surface area contributed by atoms with E-state index in [4.69, 9.17) is 0 Å². The van der Waals surface area contributed by atoms with Crippen LogP contribution < -0.4 is 16.7 Å². The highest BCUT2D eigenvalue weighted by Gasteiger charge is 2.27. The molecule has 0 radical (unpaired) electrons. The summed E-state index contributed by atoms with van der Waals surface area (Å²) in [4.78, 5) is 26.4. The minimum absolute atomic E-state index is 0.0582. The second-order valence-corrected chi connectivity index (χ2v) is 6.87. The van der Waals surface area contributed by atoms with Gasteiger partial charge in [-0.05, 0) is 24.1 Å². The molecule has 3 N–H and O–H groups in total. The van der Waals surface area contributed by atoms with Crippen molar-refractivity contribution < 1.29 is 5.11 Å². The summed E-state index contributed by atoms with van der Waals surface area (Å²) >= 11 is 3.40. The average molecular weight is 407 g/mol. The lowest BCUT2D eigenvalue weighted by Crippen LogP contribution is -2.33. The molecule has 1 aliphatic rings. The van der Waals surface area contributed by atoms with Crippen LogP contribution >= 0.6 is 15.9 Å². The summed E-state index contributed by atoms with van der Waals surface area (Å²) in [6.45, 7) is 2.34. The van der Waals surface area contributed by atoms with Gasteiger partial charge in [-0.25, -0.2) is 4.79 Å². The molecule has 8 heteroatoms. The molecule has 0 fully saturated rings. The van der Waals surface area contributed by atoms with Crippen LogP contribution in [0.5, 0.6) is 5.88 Å². The summed E-state index contributed by atoms with van der Waals surface area (Å²) in [6.07, 6.45) is 2.05. The van der Waals surface area contributed by atoms with Crippen molar-refractivity contribution in [3.63, 3.8) is 0 Å². The number of hydrazone groups is 1. The molecular weight excluding hydrogens is 388 g/mol. The normalized spacial score (nSPS) is 16.6. The van der Waals surface area contributed by atoms with Gasteiger partial charge in [0.25, 0.3) is 5.56 Å². The number of halogens is 1. The first-order valence-electron chi connectivity index (χ1n) is 8.15. The highest BCUT2D eigenvalue weighted by Crippen LogP contribution is 2.27. The first-order valence-corrected chi connectivity index (χ1v) is 8.94. The molecule has 1 aliphatic heterocycles. The second-order valence-electron chi connectivity index (χ2n) is 5.96. The molecule has 3 rings (SSSR count). The van der Waals surface area contributed by atoms with Gasteiger partial charge in [0.2, 0.25) is 5.88 Å². The molecule has 25 heavy (non-hydrogen) atoms. The number of H-pyrrole nitrogens is 1. The van der Waals surface area contributed by atoms with Crippen molar-refractivity contribution in [2.75, 3.05) is 0 Å². The van der Waals surface area contributed by atoms with Gasteiger partial charge in [0.15, 0.2) is 0 Å². The van der Waals surface area contributed by atoms with Crippen LogP contribution in [0.1, 0.15) is 43.4 Å². The van der Waals surface area contributed by atoms with Crippen molar-refractivity contribution >= 4 is 21.6 Å². The molecular formula is C17H19BrN4O3. The zero-order valence-corrected chi connectivity index (χ0v) is 15.3. The Kier molecular flexibility index (Phi) is 5.08. The molecule has 1 atom stereocenters. The largest absolute Gasteiger partial charge is 0.494 e. The molecule has 2 aromatic rings. The molecule has 0 aliphatic carbocycles.